The van der Waals surface area contributed by atoms with Gasteiger partial charge in [-0.1, -0.05) is 0 Å². The first-order chi connectivity index (χ1) is 7.38. The molecule has 0 saturated heterocycles. The number of aromatic nitrogens is 1. The predicted molar refractivity (Wildman–Crippen MR) is 47.8 cm³/mol. The molecule has 1 N–H and O–H groups in total. The van der Waals surface area contributed by atoms with E-state index in [1.54, 1.807) is 0 Å². The predicted octanol–water partition coefficient (Wildman–Crippen LogP) is 2.37. The Morgan fingerprint density at radius 2 is 2.12 bits per heavy atom. The van der Waals surface area contributed by atoms with E-state index in [4.69, 9.17) is 0 Å². The van der Waals surface area contributed by atoms with E-state index in [2.05, 4.69) is 15.3 Å². The Morgan fingerprint density at radius 1 is 1.44 bits per heavy atom. The molecule has 90 valence electrons. The van der Waals surface area contributed by atoms with Crippen LogP contribution in [0.15, 0.2) is 18.5 Å². The number of nitrogens with one attached hydrogen (secondary N) is 1. The quantitative estimate of drug-likeness (QED) is 0.646. The zero-order valence-corrected chi connectivity index (χ0v) is 8.38. The molecule has 0 aliphatic heterocycles. The molecule has 0 bridgehead atoms. The Balaban J connectivity index is 2.44. The molecule has 0 spiro atoms. The zero-order valence-electron chi connectivity index (χ0n) is 8.38. The molecule has 0 aliphatic rings. The van der Waals surface area contributed by atoms with Gasteiger partial charge >= 0.3 is 6.18 Å². The van der Waals surface area contributed by atoms with E-state index in [0.717, 1.165) is 6.20 Å². The lowest BCUT2D eigenvalue weighted by molar-refractivity contribution is -0.192. The van der Waals surface area contributed by atoms with Gasteiger partial charge in [0.25, 0.3) is 0 Å². The number of alkyl halides is 3. The summed E-state index contributed by atoms with van der Waals surface area (Å²) in [6, 6.07) is 0.590. The van der Waals surface area contributed by atoms with Crippen LogP contribution in [0.4, 0.5) is 17.6 Å². The number of nitrogens with zero attached hydrogens (tertiary/aromatic N) is 1. The summed E-state index contributed by atoms with van der Waals surface area (Å²) >= 11 is 0. The lowest BCUT2D eigenvalue weighted by atomic mass is 10.1. The van der Waals surface area contributed by atoms with Gasteiger partial charge in [-0.3, -0.25) is 9.82 Å². The van der Waals surface area contributed by atoms with Crippen molar-refractivity contribution in [2.24, 2.45) is 0 Å². The van der Waals surface area contributed by atoms with Crippen molar-refractivity contribution in [1.29, 1.82) is 0 Å². The highest BCUT2D eigenvalue weighted by Gasteiger charge is 2.28. The second-order valence-corrected chi connectivity index (χ2v) is 3.18. The molecule has 1 rings (SSSR count). The maximum atomic E-state index is 12.7. The molecule has 0 radical (unpaired) electrons. The van der Waals surface area contributed by atoms with E-state index in [1.165, 1.54) is 19.2 Å². The molecular formula is C9H10F4N2O. The largest absolute Gasteiger partial charge is 0.413 e. The summed E-state index contributed by atoms with van der Waals surface area (Å²) in [5.74, 6) is -0.554. The number of halogens is 4. The molecule has 1 atom stereocenters. The standard InChI is InChI=1S/C9H10F4N2O/c1-6(15-16-5-9(11,12)13)7-2-8(10)4-14-3-7/h2-4,6,15H,5H2,1H3. The van der Waals surface area contributed by atoms with Gasteiger partial charge in [0.2, 0.25) is 0 Å². The van der Waals surface area contributed by atoms with E-state index < -0.39 is 24.6 Å². The van der Waals surface area contributed by atoms with E-state index in [0.29, 0.717) is 5.56 Å². The third-order valence-electron chi connectivity index (χ3n) is 1.72. The van der Waals surface area contributed by atoms with Gasteiger partial charge in [0.05, 0.1) is 12.2 Å². The van der Waals surface area contributed by atoms with Crippen LogP contribution in [-0.2, 0) is 4.84 Å². The first kappa shape index (κ1) is 12.9. The topological polar surface area (TPSA) is 34.1 Å². The molecule has 0 amide bonds. The average Bonchev–Trinajstić information content (AvgIpc) is 2.15. The fraction of sp³-hybridized carbons (Fsp3) is 0.444. The van der Waals surface area contributed by atoms with Crippen LogP contribution in [0.1, 0.15) is 18.5 Å². The third kappa shape index (κ3) is 4.54. The SMILES string of the molecule is CC(NOCC(F)(F)F)c1cncc(F)c1. The summed E-state index contributed by atoms with van der Waals surface area (Å²) in [5, 5.41) is 0. The fourth-order valence-corrected chi connectivity index (χ4v) is 0.982. The lowest BCUT2D eigenvalue weighted by Crippen LogP contribution is -2.26. The monoisotopic (exact) mass is 238 g/mol. The first-order valence-electron chi connectivity index (χ1n) is 4.43. The van der Waals surface area contributed by atoms with Gasteiger partial charge < -0.3 is 0 Å². The molecule has 0 aromatic carbocycles. The van der Waals surface area contributed by atoms with Gasteiger partial charge in [-0.05, 0) is 18.6 Å². The summed E-state index contributed by atoms with van der Waals surface area (Å²) in [5.41, 5.74) is 2.56. The minimum atomic E-state index is -4.40. The second kappa shape index (κ2) is 5.22. The van der Waals surface area contributed by atoms with Crippen LogP contribution in [0.3, 0.4) is 0 Å². The number of hydroxylamine groups is 1. The van der Waals surface area contributed by atoms with Crippen molar-refractivity contribution in [1.82, 2.24) is 10.5 Å². The van der Waals surface area contributed by atoms with Gasteiger partial charge in [-0.15, -0.1) is 0 Å². The molecule has 1 unspecified atom stereocenters. The van der Waals surface area contributed by atoms with Crippen LogP contribution in [-0.4, -0.2) is 17.8 Å². The Morgan fingerprint density at radius 3 is 2.69 bits per heavy atom. The highest BCUT2D eigenvalue weighted by Crippen LogP contribution is 2.16. The number of hydrogen-bond acceptors (Lipinski definition) is 3. The minimum absolute atomic E-state index is 0.405. The van der Waals surface area contributed by atoms with Crippen LogP contribution in [0.5, 0.6) is 0 Å². The van der Waals surface area contributed by atoms with Gasteiger partial charge in [-0.25, -0.2) is 4.39 Å². The van der Waals surface area contributed by atoms with Crippen LogP contribution in [0.25, 0.3) is 0 Å². The van der Waals surface area contributed by atoms with Crippen molar-refractivity contribution in [2.75, 3.05) is 6.61 Å². The lowest BCUT2D eigenvalue weighted by Gasteiger charge is -2.14. The number of rotatable bonds is 4. The van der Waals surface area contributed by atoms with E-state index in [-0.39, 0.29) is 0 Å². The van der Waals surface area contributed by atoms with Gasteiger partial charge in [-0.2, -0.15) is 18.7 Å². The fourth-order valence-electron chi connectivity index (χ4n) is 0.982. The average molecular weight is 238 g/mol. The van der Waals surface area contributed by atoms with E-state index in [1.807, 2.05) is 0 Å². The molecule has 16 heavy (non-hydrogen) atoms. The van der Waals surface area contributed by atoms with Crippen molar-refractivity contribution >= 4 is 0 Å². The second-order valence-electron chi connectivity index (χ2n) is 3.18. The van der Waals surface area contributed by atoms with Crippen molar-refractivity contribution in [2.45, 2.75) is 19.1 Å². The van der Waals surface area contributed by atoms with Crippen LogP contribution < -0.4 is 5.48 Å². The van der Waals surface area contributed by atoms with Crippen molar-refractivity contribution in [3.8, 4) is 0 Å². The van der Waals surface area contributed by atoms with Crippen molar-refractivity contribution < 1.29 is 22.4 Å². The molecular weight excluding hydrogens is 228 g/mol. The Kier molecular flexibility index (Phi) is 4.19. The Bertz CT molecular complexity index is 343. The maximum Gasteiger partial charge on any atom is 0.413 e. The smallest absolute Gasteiger partial charge is 0.292 e. The first-order valence-corrected chi connectivity index (χ1v) is 4.43. The van der Waals surface area contributed by atoms with Crippen LogP contribution >= 0.6 is 0 Å². The summed E-state index contributed by atoms with van der Waals surface area (Å²) < 4.78 is 47.9. The van der Waals surface area contributed by atoms with E-state index >= 15 is 0 Å². The number of hydrogen-bond donors (Lipinski definition) is 1. The van der Waals surface area contributed by atoms with Gasteiger partial charge in [0.15, 0.2) is 6.61 Å². The molecule has 1 aromatic rings. The normalized spacial score (nSPS) is 13.8. The molecule has 0 aliphatic carbocycles. The van der Waals surface area contributed by atoms with Gasteiger partial charge in [0, 0.05) is 6.20 Å². The highest BCUT2D eigenvalue weighted by atomic mass is 19.4. The Hall–Kier alpha value is -1.21. The Labute approximate surface area is 89.4 Å². The highest BCUT2D eigenvalue weighted by molar-refractivity contribution is 5.13. The van der Waals surface area contributed by atoms with Crippen LogP contribution in [0, 0.1) is 5.82 Å². The van der Waals surface area contributed by atoms with Crippen LogP contribution in [0.2, 0.25) is 0 Å². The third-order valence-corrected chi connectivity index (χ3v) is 1.72. The van der Waals surface area contributed by atoms with Crippen molar-refractivity contribution in [3.05, 3.63) is 29.8 Å². The summed E-state index contributed by atoms with van der Waals surface area (Å²) in [6.07, 6.45) is -2.04. The minimum Gasteiger partial charge on any atom is -0.292 e. The molecule has 1 heterocycles. The summed E-state index contributed by atoms with van der Waals surface area (Å²) in [6.45, 7) is 0.132. The summed E-state index contributed by atoms with van der Waals surface area (Å²) in [4.78, 5) is 7.80. The molecule has 0 fully saturated rings. The maximum absolute atomic E-state index is 12.7. The summed E-state index contributed by atoms with van der Waals surface area (Å²) in [7, 11) is 0. The zero-order chi connectivity index (χ0) is 12.2. The molecule has 3 nitrogen and oxygen atoms in total. The van der Waals surface area contributed by atoms with E-state index in [9.17, 15) is 17.6 Å². The molecule has 1 aromatic heterocycles. The van der Waals surface area contributed by atoms with Gasteiger partial charge in [0.1, 0.15) is 5.82 Å². The van der Waals surface area contributed by atoms with Crippen molar-refractivity contribution in [3.63, 3.8) is 0 Å². The molecule has 7 heteroatoms. The molecule has 0 saturated carbocycles. The number of pyridine rings is 1.